The number of fused-ring (bicyclic) bond motifs is 1. The molecule has 1 unspecified atom stereocenters. The Labute approximate surface area is 187 Å². The van der Waals surface area contributed by atoms with Crippen molar-refractivity contribution in [1.29, 1.82) is 0 Å². The molecule has 0 saturated heterocycles. The molecule has 2 aromatic heterocycles. The fourth-order valence-electron chi connectivity index (χ4n) is 4.23. The third-order valence-electron chi connectivity index (χ3n) is 5.88. The minimum Gasteiger partial charge on any atom is -0.497 e. The summed E-state index contributed by atoms with van der Waals surface area (Å²) in [6, 6.07) is 20.6. The first kappa shape index (κ1) is 20.3. The van der Waals surface area contributed by atoms with Crippen molar-refractivity contribution in [1.82, 2.24) is 9.97 Å². The number of hydrogen-bond acceptors (Lipinski definition) is 3. The van der Waals surface area contributed by atoms with Crippen LogP contribution in [-0.2, 0) is 11.3 Å². The minimum absolute atomic E-state index is 0.120. The van der Waals surface area contributed by atoms with Crippen LogP contribution < -0.4 is 4.74 Å². The Kier molecular flexibility index (Phi) is 5.41. The molecule has 32 heavy (non-hydrogen) atoms. The SMILES string of the molecule is COc1cccc(COC2CC(c3cc4ccccc4[nH]3)=N/C2=C\c2[nH]c(C)cc2C)c1. The van der Waals surface area contributed by atoms with E-state index in [1.165, 1.54) is 10.9 Å². The zero-order valence-corrected chi connectivity index (χ0v) is 18.6. The summed E-state index contributed by atoms with van der Waals surface area (Å²) in [5.74, 6) is 0.834. The van der Waals surface area contributed by atoms with Crippen molar-refractivity contribution in [3.8, 4) is 5.75 Å². The lowest BCUT2D eigenvalue weighted by molar-refractivity contribution is 0.0727. The number of aromatic amines is 2. The number of methoxy groups -OCH3 is 1. The highest BCUT2D eigenvalue weighted by atomic mass is 16.5. The van der Waals surface area contributed by atoms with E-state index >= 15 is 0 Å². The van der Waals surface area contributed by atoms with Crippen LogP contribution in [0.4, 0.5) is 0 Å². The third-order valence-corrected chi connectivity index (χ3v) is 5.88. The van der Waals surface area contributed by atoms with Crippen molar-refractivity contribution in [3.63, 3.8) is 0 Å². The van der Waals surface area contributed by atoms with E-state index in [0.717, 1.165) is 51.7 Å². The van der Waals surface area contributed by atoms with Gasteiger partial charge in [0.15, 0.2) is 0 Å². The first-order chi connectivity index (χ1) is 15.6. The predicted octanol–water partition coefficient (Wildman–Crippen LogP) is 5.94. The first-order valence-corrected chi connectivity index (χ1v) is 10.9. The van der Waals surface area contributed by atoms with Gasteiger partial charge in [-0.1, -0.05) is 30.3 Å². The van der Waals surface area contributed by atoms with E-state index in [9.17, 15) is 0 Å². The number of para-hydroxylation sites is 1. The molecule has 0 radical (unpaired) electrons. The van der Waals surface area contributed by atoms with E-state index in [2.05, 4.69) is 66.3 Å². The van der Waals surface area contributed by atoms with Crippen LogP contribution in [0.15, 0.2) is 71.4 Å². The summed E-state index contributed by atoms with van der Waals surface area (Å²) in [4.78, 5) is 11.9. The number of hydrogen-bond donors (Lipinski definition) is 2. The molecular weight excluding hydrogens is 398 g/mol. The maximum atomic E-state index is 6.38. The molecule has 5 nitrogen and oxygen atoms in total. The predicted molar refractivity (Wildman–Crippen MR) is 129 cm³/mol. The summed E-state index contributed by atoms with van der Waals surface area (Å²) >= 11 is 0. The number of aromatic nitrogens is 2. The largest absolute Gasteiger partial charge is 0.497 e. The number of aryl methyl sites for hydroxylation is 2. The Morgan fingerprint density at radius 1 is 1.03 bits per heavy atom. The van der Waals surface area contributed by atoms with Gasteiger partial charge in [-0.05, 0) is 61.4 Å². The second kappa shape index (κ2) is 8.52. The second-order valence-corrected chi connectivity index (χ2v) is 8.30. The van der Waals surface area contributed by atoms with Gasteiger partial charge >= 0.3 is 0 Å². The van der Waals surface area contributed by atoms with Crippen molar-refractivity contribution in [3.05, 3.63) is 94.6 Å². The Morgan fingerprint density at radius 3 is 2.69 bits per heavy atom. The van der Waals surface area contributed by atoms with Crippen LogP contribution in [0.5, 0.6) is 5.75 Å². The van der Waals surface area contributed by atoms with E-state index in [0.29, 0.717) is 6.61 Å². The molecule has 0 aliphatic carbocycles. The molecule has 0 saturated carbocycles. The van der Waals surface area contributed by atoms with Crippen molar-refractivity contribution in [2.24, 2.45) is 4.99 Å². The van der Waals surface area contributed by atoms with Crippen LogP contribution in [0.25, 0.3) is 17.0 Å². The van der Waals surface area contributed by atoms with Crippen LogP contribution >= 0.6 is 0 Å². The second-order valence-electron chi connectivity index (χ2n) is 8.30. The van der Waals surface area contributed by atoms with Gasteiger partial charge in [0.1, 0.15) is 11.9 Å². The van der Waals surface area contributed by atoms with Crippen molar-refractivity contribution in [2.75, 3.05) is 7.11 Å². The normalized spacial score (nSPS) is 17.3. The monoisotopic (exact) mass is 425 g/mol. The quantitative estimate of drug-likeness (QED) is 0.401. The molecule has 0 amide bonds. The highest BCUT2D eigenvalue weighted by molar-refractivity contribution is 6.05. The maximum Gasteiger partial charge on any atom is 0.119 e. The number of aliphatic imine (C=N–C) groups is 1. The topological polar surface area (TPSA) is 62.4 Å². The molecule has 3 heterocycles. The molecule has 0 bridgehead atoms. The van der Waals surface area contributed by atoms with Gasteiger partial charge in [-0.15, -0.1) is 0 Å². The average molecular weight is 426 g/mol. The minimum atomic E-state index is -0.120. The number of ether oxygens (including phenoxy) is 2. The highest BCUT2D eigenvalue weighted by Crippen LogP contribution is 2.29. The van der Waals surface area contributed by atoms with Crippen LogP contribution in [0.1, 0.15) is 34.6 Å². The smallest absolute Gasteiger partial charge is 0.119 e. The zero-order chi connectivity index (χ0) is 22.1. The maximum absolute atomic E-state index is 6.38. The third kappa shape index (κ3) is 4.12. The van der Waals surface area contributed by atoms with E-state index in [1.807, 2.05) is 24.3 Å². The molecule has 0 fully saturated rings. The number of H-pyrrole nitrogens is 2. The number of rotatable bonds is 6. The summed E-state index contributed by atoms with van der Waals surface area (Å²) in [6.07, 6.45) is 2.72. The molecule has 4 aromatic rings. The van der Waals surface area contributed by atoms with E-state index in [-0.39, 0.29) is 6.10 Å². The van der Waals surface area contributed by atoms with Crippen molar-refractivity contribution in [2.45, 2.75) is 33.0 Å². The van der Waals surface area contributed by atoms with Gasteiger partial charge < -0.3 is 19.4 Å². The van der Waals surface area contributed by atoms with E-state index in [1.54, 1.807) is 7.11 Å². The summed E-state index contributed by atoms with van der Waals surface area (Å²) < 4.78 is 11.7. The lowest BCUT2D eigenvalue weighted by Crippen LogP contribution is -2.13. The number of nitrogens with zero attached hydrogens (tertiary/aromatic N) is 1. The molecule has 1 aliphatic heterocycles. The molecule has 1 aliphatic rings. The van der Waals surface area contributed by atoms with Gasteiger partial charge in [-0.3, -0.25) is 4.99 Å². The van der Waals surface area contributed by atoms with E-state index < -0.39 is 0 Å². The Balaban J connectivity index is 1.45. The lowest BCUT2D eigenvalue weighted by Gasteiger charge is -2.13. The molecule has 2 aromatic carbocycles. The molecule has 0 spiro atoms. The van der Waals surface area contributed by atoms with Gasteiger partial charge in [-0.2, -0.15) is 0 Å². The Hall–Kier alpha value is -3.57. The molecule has 2 N–H and O–H groups in total. The van der Waals surface area contributed by atoms with Gasteiger partial charge in [0, 0.05) is 28.7 Å². The summed E-state index contributed by atoms with van der Waals surface area (Å²) in [7, 11) is 1.68. The standard InChI is InChI=1S/C27H27N3O2/c1-17-11-18(2)28-23(17)14-26-27(32-16-19-7-6-9-21(12-19)31-3)15-25(30-26)24-13-20-8-4-5-10-22(20)29-24/h4-14,27-29H,15-16H2,1-3H3/b26-14-. The number of nitrogens with one attached hydrogen (secondary N) is 2. The molecule has 5 heteroatoms. The fourth-order valence-corrected chi connectivity index (χ4v) is 4.23. The zero-order valence-electron chi connectivity index (χ0n) is 18.6. The van der Waals surface area contributed by atoms with Gasteiger partial charge in [0.25, 0.3) is 0 Å². The van der Waals surface area contributed by atoms with Crippen LogP contribution in [0, 0.1) is 13.8 Å². The molecule has 162 valence electrons. The van der Waals surface area contributed by atoms with Crippen LogP contribution in [0.2, 0.25) is 0 Å². The first-order valence-electron chi connectivity index (χ1n) is 10.9. The van der Waals surface area contributed by atoms with Crippen LogP contribution in [0.3, 0.4) is 0 Å². The summed E-state index contributed by atoms with van der Waals surface area (Å²) in [6.45, 7) is 4.68. The van der Waals surface area contributed by atoms with Crippen molar-refractivity contribution >= 4 is 22.7 Å². The molecule has 1 atom stereocenters. The van der Waals surface area contributed by atoms with Crippen LogP contribution in [-0.4, -0.2) is 28.9 Å². The van der Waals surface area contributed by atoms with Gasteiger partial charge in [-0.25, -0.2) is 0 Å². The summed E-state index contributed by atoms with van der Waals surface area (Å²) in [5, 5.41) is 1.19. The van der Waals surface area contributed by atoms with Crippen molar-refractivity contribution < 1.29 is 9.47 Å². The number of benzene rings is 2. The average Bonchev–Trinajstić information content (AvgIpc) is 3.49. The highest BCUT2D eigenvalue weighted by Gasteiger charge is 2.27. The lowest BCUT2D eigenvalue weighted by atomic mass is 10.1. The molecule has 5 rings (SSSR count). The molecular formula is C27H27N3O2. The van der Waals surface area contributed by atoms with Gasteiger partial charge in [0.2, 0.25) is 0 Å². The Morgan fingerprint density at radius 2 is 1.91 bits per heavy atom. The fraction of sp³-hybridized carbons (Fsp3) is 0.222. The van der Waals surface area contributed by atoms with Gasteiger partial charge in [0.05, 0.1) is 30.8 Å². The van der Waals surface area contributed by atoms with E-state index in [4.69, 9.17) is 14.5 Å². The summed E-state index contributed by atoms with van der Waals surface area (Å²) in [5.41, 5.74) is 8.62. The Bertz CT molecular complexity index is 1290.